The Balaban J connectivity index is 2.97. The lowest BCUT2D eigenvalue weighted by Crippen LogP contribution is -2.16. The molecule has 0 saturated carbocycles. The van der Waals surface area contributed by atoms with Crippen LogP contribution in [0.3, 0.4) is 0 Å². The molecule has 0 amide bonds. The highest BCUT2D eigenvalue weighted by Crippen LogP contribution is 1.94. The van der Waals surface area contributed by atoms with E-state index in [0.717, 1.165) is 19.4 Å². The van der Waals surface area contributed by atoms with Crippen LogP contribution in [-0.4, -0.2) is 25.9 Å². The Morgan fingerprint density at radius 2 is 1.92 bits per heavy atom. The molecule has 3 heteroatoms. The maximum atomic E-state index is 5.24. The van der Waals surface area contributed by atoms with E-state index in [1.807, 2.05) is 13.8 Å². The summed E-state index contributed by atoms with van der Waals surface area (Å²) < 4.78 is 5.24. The van der Waals surface area contributed by atoms with Crippen molar-refractivity contribution in [2.45, 2.75) is 39.7 Å². The van der Waals surface area contributed by atoms with E-state index in [-0.39, 0.29) is 6.10 Å². The molecule has 0 aliphatic heterocycles. The van der Waals surface area contributed by atoms with Crippen molar-refractivity contribution in [3.63, 3.8) is 0 Å². The summed E-state index contributed by atoms with van der Waals surface area (Å²) >= 11 is 0. The Morgan fingerprint density at radius 3 is 2.50 bits per heavy atom. The van der Waals surface area contributed by atoms with Gasteiger partial charge in [0, 0.05) is 6.61 Å². The van der Waals surface area contributed by atoms with Crippen molar-refractivity contribution in [3.8, 4) is 0 Å². The Bertz CT molecular complexity index is 85.8. The molecule has 0 spiro atoms. The van der Waals surface area contributed by atoms with Crippen LogP contribution < -0.4 is 0 Å². The number of hydrogen-bond acceptors (Lipinski definition) is 3. The molecule has 1 atom stereocenters. The maximum Gasteiger partial charge on any atom is 0.108 e. The normalized spacial score (nSPS) is 13.2. The zero-order chi connectivity index (χ0) is 9.23. The summed E-state index contributed by atoms with van der Waals surface area (Å²) in [6.45, 7) is 7.96. The van der Waals surface area contributed by atoms with Gasteiger partial charge in [0.1, 0.15) is 6.61 Å². The van der Waals surface area contributed by atoms with E-state index in [9.17, 15) is 0 Å². The number of ether oxygens (including phenoxy) is 1. The fraction of sp³-hybridized carbons (Fsp3) is 1.00. The predicted molar refractivity (Wildman–Crippen MR) is 47.9 cm³/mol. The van der Waals surface area contributed by atoms with E-state index < -0.39 is 0 Å². The number of rotatable bonds is 8. The fourth-order valence-corrected chi connectivity index (χ4v) is 0.739. The summed E-state index contributed by atoms with van der Waals surface area (Å²) in [5.41, 5.74) is 0. The van der Waals surface area contributed by atoms with E-state index in [2.05, 4.69) is 6.92 Å². The highest BCUT2D eigenvalue weighted by Gasteiger charge is 2.00. The molecular weight excluding hydrogens is 156 g/mol. The molecule has 0 bridgehead atoms. The third-order valence-electron chi connectivity index (χ3n) is 1.42. The van der Waals surface area contributed by atoms with Crippen molar-refractivity contribution in [2.24, 2.45) is 0 Å². The van der Waals surface area contributed by atoms with Crippen molar-refractivity contribution in [2.75, 3.05) is 19.8 Å². The van der Waals surface area contributed by atoms with E-state index in [1.54, 1.807) is 0 Å². The second-order valence-electron chi connectivity index (χ2n) is 2.73. The average molecular weight is 176 g/mol. The van der Waals surface area contributed by atoms with Gasteiger partial charge < -0.3 is 4.74 Å². The summed E-state index contributed by atoms with van der Waals surface area (Å²) in [4.78, 5) is 9.84. The minimum absolute atomic E-state index is 0.122. The lowest BCUT2D eigenvalue weighted by atomic mass is 10.4. The number of hydrogen-bond donors (Lipinski definition) is 0. The van der Waals surface area contributed by atoms with E-state index in [1.165, 1.54) is 0 Å². The predicted octanol–water partition coefficient (Wildman–Crippen LogP) is 2.16. The molecule has 0 aromatic rings. The first-order chi connectivity index (χ1) is 5.81. The number of unbranched alkanes of at least 4 members (excludes halogenated alkanes) is 1. The molecule has 0 saturated heterocycles. The van der Waals surface area contributed by atoms with Crippen LogP contribution in [0.4, 0.5) is 0 Å². The Hall–Kier alpha value is -0.120. The van der Waals surface area contributed by atoms with Gasteiger partial charge in [-0.2, -0.15) is 0 Å². The second kappa shape index (κ2) is 8.97. The Kier molecular flexibility index (Phi) is 8.88. The first-order valence-corrected chi connectivity index (χ1v) is 4.67. The SMILES string of the molecule is CCCCOOCC(C)OCC. The van der Waals surface area contributed by atoms with Gasteiger partial charge in [0.05, 0.1) is 12.7 Å². The average Bonchev–Trinajstić information content (AvgIpc) is 2.05. The molecule has 12 heavy (non-hydrogen) atoms. The lowest BCUT2D eigenvalue weighted by Gasteiger charge is -2.10. The molecule has 0 heterocycles. The van der Waals surface area contributed by atoms with Crippen LogP contribution in [0.1, 0.15) is 33.6 Å². The molecule has 0 aromatic heterocycles. The van der Waals surface area contributed by atoms with E-state index in [4.69, 9.17) is 14.5 Å². The molecule has 0 N–H and O–H groups in total. The zero-order valence-electron chi connectivity index (χ0n) is 8.34. The van der Waals surface area contributed by atoms with Crippen LogP contribution >= 0.6 is 0 Å². The summed E-state index contributed by atoms with van der Waals surface area (Å²) in [6.07, 6.45) is 2.30. The maximum absolute atomic E-state index is 5.24. The minimum Gasteiger partial charge on any atom is -0.376 e. The Morgan fingerprint density at radius 1 is 1.17 bits per heavy atom. The quantitative estimate of drug-likeness (QED) is 0.322. The largest absolute Gasteiger partial charge is 0.376 e. The van der Waals surface area contributed by atoms with Crippen LogP contribution in [-0.2, 0) is 14.5 Å². The Labute approximate surface area is 74.9 Å². The van der Waals surface area contributed by atoms with Crippen molar-refractivity contribution in [1.82, 2.24) is 0 Å². The summed E-state index contributed by atoms with van der Waals surface area (Å²) in [6, 6.07) is 0. The highest BCUT2D eigenvalue weighted by molar-refractivity contribution is 4.42. The van der Waals surface area contributed by atoms with Gasteiger partial charge in [0.15, 0.2) is 0 Å². The third kappa shape index (κ3) is 7.98. The van der Waals surface area contributed by atoms with Crippen LogP contribution in [0.2, 0.25) is 0 Å². The van der Waals surface area contributed by atoms with Crippen LogP contribution in [0.25, 0.3) is 0 Å². The van der Waals surface area contributed by atoms with Gasteiger partial charge in [0.2, 0.25) is 0 Å². The van der Waals surface area contributed by atoms with Crippen LogP contribution in [0, 0.1) is 0 Å². The molecule has 0 aliphatic carbocycles. The summed E-state index contributed by atoms with van der Waals surface area (Å²) in [5, 5.41) is 0. The highest BCUT2D eigenvalue weighted by atomic mass is 17.2. The molecule has 0 aromatic carbocycles. The first-order valence-electron chi connectivity index (χ1n) is 4.67. The molecule has 0 rings (SSSR count). The van der Waals surface area contributed by atoms with Crippen LogP contribution in [0.15, 0.2) is 0 Å². The van der Waals surface area contributed by atoms with Gasteiger partial charge in [-0.1, -0.05) is 13.3 Å². The van der Waals surface area contributed by atoms with Gasteiger partial charge in [0.25, 0.3) is 0 Å². The molecule has 1 unspecified atom stereocenters. The first kappa shape index (κ1) is 11.9. The third-order valence-corrected chi connectivity index (χ3v) is 1.42. The van der Waals surface area contributed by atoms with E-state index >= 15 is 0 Å². The summed E-state index contributed by atoms with van der Waals surface area (Å²) in [5.74, 6) is 0. The smallest absolute Gasteiger partial charge is 0.108 e. The van der Waals surface area contributed by atoms with Crippen LogP contribution in [0.5, 0.6) is 0 Å². The molecule has 3 nitrogen and oxygen atoms in total. The topological polar surface area (TPSA) is 27.7 Å². The summed E-state index contributed by atoms with van der Waals surface area (Å²) in [7, 11) is 0. The van der Waals surface area contributed by atoms with Crippen molar-refractivity contribution in [1.29, 1.82) is 0 Å². The molecule has 0 radical (unpaired) electrons. The molecule has 74 valence electrons. The molecular formula is C9H20O3. The van der Waals surface area contributed by atoms with Gasteiger partial charge in [-0.15, -0.1) is 0 Å². The van der Waals surface area contributed by atoms with Gasteiger partial charge in [-0.3, -0.25) is 0 Å². The van der Waals surface area contributed by atoms with Crippen molar-refractivity contribution >= 4 is 0 Å². The zero-order valence-corrected chi connectivity index (χ0v) is 8.34. The standard InChI is InChI=1S/C9H20O3/c1-4-6-7-11-12-8-9(3)10-5-2/h9H,4-8H2,1-3H3. The minimum atomic E-state index is 0.122. The van der Waals surface area contributed by atoms with Crippen molar-refractivity contribution < 1.29 is 14.5 Å². The van der Waals surface area contributed by atoms with Gasteiger partial charge >= 0.3 is 0 Å². The van der Waals surface area contributed by atoms with Gasteiger partial charge in [-0.25, -0.2) is 9.78 Å². The molecule has 0 fully saturated rings. The van der Waals surface area contributed by atoms with Gasteiger partial charge in [-0.05, 0) is 20.3 Å². The fourth-order valence-electron chi connectivity index (χ4n) is 0.739. The monoisotopic (exact) mass is 176 g/mol. The molecule has 0 aliphatic rings. The lowest BCUT2D eigenvalue weighted by molar-refractivity contribution is -0.306. The van der Waals surface area contributed by atoms with Crippen molar-refractivity contribution in [3.05, 3.63) is 0 Å². The second-order valence-corrected chi connectivity index (χ2v) is 2.73. The van der Waals surface area contributed by atoms with E-state index in [0.29, 0.717) is 13.2 Å².